The Morgan fingerprint density at radius 3 is 2.53 bits per heavy atom. The zero-order chi connectivity index (χ0) is 21.0. The minimum Gasteiger partial charge on any atom is -0.433 e. The summed E-state index contributed by atoms with van der Waals surface area (Å²) in [5.74, 6) is -0.228. The van der Waals surface area contributed by atoms with E-state index in [1.54, 1.807) is 18.2 Å². The predicted molar refractivity (Wildman–Crippen MR) is 117 cm³/mol. The van der Waals surface area contributed by atoms with Gasteiger partial charge in [0.15, 0.2) is 0 Å². The van der Waals surface area contributed by atoms with Gasteiger partial charge >= 0.3 is 6.61 Å². The fraction of sp³-hybridized carbons (Fsp3) is 0.400. The SMILES string of the molecule is Cc1ccc(S(=O)(=O)Nc2ccccc2OC(F)F)cc1N1CCCN(C)CC1.Cl. The first-order valence-corrected chi connectivity index (χ1v) is 10.9. The number of anilines is 2. The van der Waals surface area contributed by atoms with Gasteiger partial charge in [-0.3, -0.25) is 4.72 Å². The number of sulfonamides is 1. The van der Waals surface area contributed by atoms with Crippen molar-refractivity contribution in [3.63, 3.8) is 0 Å². The van der Waals surface area contributed by atoms with Crippen LogP contribution in [0.4, 0.5) is 20.2 Å². The average Bonchev–Trinajstić information content (AvgIpc) is 2.87. The second-order valence-corrected chi connectivity index (χ2v) is 8.75. The number of halogens is 3. The summed E-state index contributed by atoms with van der Waals surface area (Å²) in [4.78, 5) is 4.51. The lowest BCUT2D eigenvalue weighted by atomic mass is 10.1. The molecule has 166 valence electrons. The molecule has 2 aromatic carbocycles. The zero-order valence-electron chi connectivity index (χ0n) is 16.8. The number of alkyl halides is 2. The van der Waals surface area contributed by atoms with Crippen molar-refractivity contribution in [2.75, 3.05) is 42.8 Å². The van der Waals surface area contributed by atoms with Crippen molar-refractivity contribution in [2.45, 2.75) is 24.9 Å². The lowest BCUT2D eigenvalue weighted by molar-refractivity contribution is -0.0493. The van der Waals surface area contributed by atoms with E-state index in [-0.39, 0.29) is 28.7 Å². The maximum Gasteiger partial charge on any atom is 0.387 e. The first kappa shape index (κ1) is 24.2. The van der Waals surface area contributed by atoms with Gasteiger partial charge < -0.3 is 14.5 Å². The smallest absolute Gasteiger partial charge is 0.387 e. The van der Waals surface area contributed by atoms with Crippen molar-refractivity contribution >= 4 is 33.8 Å². The highest BCUT2D eigenvalue weighted by molar-refractivity contribution is 7.92. The van der Waals surface area contributed by atoms with Crippen LogP contribution >= 0.6 is 12.4 Å². The number of hydrogen-bond acceptors (Lipinski definition) is 5. The van der Waals surface area contributed by atoms with Crippen LogP contribution in [0.25, 0.3) is 0 Å². The molecule has 6 nitrogen and oxygen atoms in total. The Bertz CT molecular complexity index is 960. The minimum atomic E-state index is -3.98. The van der Waals surface area contributed by atoms with Crippen LogP contribution < -0.4 is 14.4 Å². The van der Waals surface area contributed by atoms with Crippen molar-refractivity contribution in [1.29, 1.82) is 0 Å². The van der Waals surface area contributed by atoms with Crippen LogP contribution in [0.5, 0.6) is 5.75 Å². The van der Waals surface area contributed by atoms with Gasteiger partial charge in [-0.05, 0) is 56.8 Å². The van der Waals surface area contributed by atoms with Gasteiger partial charge in [-0.2, -0.15) is 8.78 Å². The van der Waals surface area contributed by atoms with Crippen LogP contribution in [0.2, 0.25) is 0 Å². The highest BCUT2D eigenvalue weighted by atomic mass is 35.5. The summed E-state index contributed by atoms with van der Waals surface area (Å²) in [7, 11) is -1.91. The first-order chi connectivity index (χ1) is 13.8. The van der Waals surface area contributed by atoms with Gasteiger partial charge in [-0.1, -0.05) is 18.2 Å². The van der Waals surface area contributed by atoms with Gasteiger partial charge in [-0.25, -0.2) is 8.42 Å². The molecule has 0 aromatic heterocycles. The summed E-state index contributed by atoms with van der Waals surface area (Å²) in [5, 5.41) is 0. The molecule has 1 aliphatic heterocycles. The number of rotatable bonds is 6. The van der Waals surface area contributed by atoms with Gasteiger partial charge in [0, 0.05) is 25.3 Å². The fourth-order valence-electron chi connectivity index (χ4n) is 3.34. The van der Waals surface area contributed by atoms with E-state index < -0.39 is 16.6 Å². The van der Waals surface area contributed by atoms with Crippen LogP contribution in [-0.2, 0) is 10.0 Å². The summed E-state index contributed by atoms with van der Waals surface area (Å²) >= 11 is 0. The number of benzene rings is 2. The molecule has 0 unspecified atom stereocenters. The van der Waals surface area contributed by atoms with E-state index in [1.165, 1.54) is 24.3 Å². The second-order valence-electron chi connectivity index (χ2n) is 7.07. The van der Waals surface area contributed by atoms with Gasteiger partial charge in [0.25, 0.3) is 10.0 Å². The standard InChI is InChI=1S/C20H25F2N3O3S.ClH/c1-15-8-9-16(14-18(15)25-11-5-10-24(2)12-13-25)29(26,27)23-17-6-3-4-7-19(17)28-20(21)22;/h3-4,6-9,14,20,23H,5,10-13H2,1-2H3;1H. The number of nitrogens with one attached hydrogen (secondary N) is 1. The predicted octanol–water partition coefficient (Wildman–Crippen LogP) is 3.96. The normalized spacial score (nSPS) is 15.4. The van der Waals surface area contributed by atoms with Gasteiger partial charge in [0.05, 0.1) is 10.6 Å². The maximum absolute atomic E-state index is 12.9. The van der Waals surface area contributed by atoms with E-state index in [2.05, 4.69) is 26.3 Å². The number of likely N-dealkylation sites (N-methyl/N-ethyl adjacent to an activating group) is 1. The summed E-state index contributed by atoms with van der Waals surface area (Å²) < 4.78 is 57.9. The first-order valence-electron chi connectivity index (χ1n) is 9.37. The molecule has 1 heterocycles. The van der Waals surface area contributed by atoms with Crippen LogP contribution in [0.15, 0.2) is 47.4 Å². The quantitative estimate of drug-likeness (QED) is 0.705. The average molecular weight is 462 g/mol. The molecule has 0 spiro atoms. The number of para-hydroxylation sites is 2. The number of aryl methyl sites for hydroxylation is 1. The fourth-order valence-corrected chi connectivity index (χ4v) is 4.43. The number of hydrogen-bond donors (Lipinski definition) is 1. The summed E-state index contributed by atoms with van der Waals surface area (Å²) in [6.45, 7) is 2.43. The van der Waals surface area contributed by atoms with Crippen molar-refractivity contribution < 1.29 is 21.9 Å². The largest absolute Gasteiger partial charge is 0.433 e. The third-order valence-corrected chi connectivity index (χ3v) is 6.26. The third-order valence-electron chi connectivity index (χ3n) is 4.90. The van der Waals surface area contributed by atoms with Crippen LogP contribution in [0.3, 0.4) is 0 Å². The van der Waals surface area contributed by atoms with E-state index in [0.717, 1.165) is 43.9 Å². The molecule has 0 amide bonds. The lowest BCUT2D eigenvalue weighted by Crippen LogP contribution is -2.29. The Labute approximate surface area is 182 Å². The summed E-state index contributed by atoms with van der Waals surface area (Å²) in [6.07, 6.45) is 0.990. The topological polar surface area (TPSA) is 61.9 Å². The van der Waals surface area contributed by atoms with E-state index in [0.29, 0.717) is 0 Å². The molecular formula is C20H26ClF2N3O3S. The molecule has 3 rings (SSSR count). The van der Waals surface area contributed by atoms with Crippen molar-refractivity contribution in [3.05, 3.63) is 48.0 Å². The van der Waals surface area contributed by atoms with Crippen molar-refractivity contribution in [3.8, 4) is 5.75 Å². The Balaban J connectivity index is 0.00000320. The molecule has 0 saturated carbocycles. The second kappa shape index (κ2) is 10.3. The molecule has 1 N–H and O–H groups in total. The molecule has 0 bridgehead atoms. The zero-order valence-corrected chi connectivity index (χ0v) is 18.5. The highest BCUT2D eigenvalue weighted by Gasteiger charge is 2.21. The Kier molecular flexibility index (Phi) is 8.28. The van der Waals surface area contributed by atoms with E-state index in [4.69, 9.17) is 0 Å². The maximum atomic E-state index is 12.9. The minimum absolute atomic E-state index is 0. The molecule has 30 heavy (non-hydrogen) atoms. The molecule has 10 heteroatoms. The Morgan fingerprint density at radius 1 is 1.07 bits per heavy atom. The molecule has 0 atom stereocenters. The van der Waals surface area contributed by atoms with Crippen LogP contribution in [-0.4, -0.2) is 53.2 Å². The van der Waals surface area contributed by atoms with Crippen molar-refractivity contribution in [1.82, 2.24) is 4.90 Å². The lowest BCUT2D eigenvalue weighted by Gasteiger charge is -2.25. The highest BCUT2D eigenvalue weighted by Crippen LogP contribution is 2.30. The van der Waals surface area contributed by atoms with E-state index in [9.17, 15) is 17.2 Å². The summed E-state index contributed by atoms with van der Waals surface area (Å²) in [6, 6.07) is 10.6. The van der Waals surface area contributed by atoms with Crippen LogP contribution in [0, 0.1) is 6.92 Å². The van der Waals surface area contributed by atoms with Gasteiger partial charge in [0.1, 0.15) is 5.75 Å². The Morgan fingerprint density at radius 2 is 1.80 bits per heavy atom. The molecule has 1 saturated heterocycles. The Hall–Kier alpha value is -2.10. The molecule has 1 aliphatic rings. The van der Waals surface area contributed by atoms with Gasteiger partial charge in [0.2, 0.25) is 0 Å². The number of ether oxygens (including phenoxy) is 1. The molecule has 1 fully saturated rings. The number of nitrogens with zero attached hydrogens (tertiary/aromatic N) is 2. The molecule has 0 radical (unpaired) electrons. The van der Waals surface area contributed by atoms with Crippen molar-refractivity contribution in [2.24, 2.45) is 0 Å². The molecule has 0 aliphatic carbocycles. The molecule has 2 aromatic rings. The summed E-state index contributed by atoms with van der Waals surface area (Å²) in [5.41, 5.74) is 1.81. The third kappa shape index (κ3) is 5.96. The van der Waals surface area contributed by atoms with E-state index in [1.807, 2.05) is 6.92 Å². The monoisotopic (exact) mass is 461 g/mol. The van der Waals surface area contributed by atoms with Gasteiger partial charge in [-0.15, -0.1) is 12.4 Å². The van der Waals surface area contributed by atoms with Crippen LogP contribution in [0.1, 0.15) is 12.0 Å². The van der Waals surface area contributed by atoms with E-state index >= 15 is 0 Å². The molecular weight excluding hydrogens is 436 g/mol.